The molecule has 2 heterocycles. The first kappa shape index (κ1) is 38.4. The van der Waals surface area contributed by atoms with Gasteiger partial charge in [-0.2, -0.15) is 0 Å². The van der Waals surface area contributed by atoms with Gasteiger partial charge in [-0.15, -0.1) is 0 Å². The molecule has 322 valence electrons. The van der Waals surface area contributed by atoms with Crippen LogP contribution in [0.5, 0.6) is 0 Å². The van der Waals surface area contributed by atoms with Crippen molar-refractivity contribution in [3.8, 4) is 44.8 Å². The molecule has 69 heavy (non-hydrogen) atoms. The van der Waals surface area contributed by atoms with E-state index in [1.807, 2.05) is 0 Å². The van der Waals surface area contributed by atoms with Gasteiger partial charge in [-0.25, -0.2) is 0 Å². The second-order valence-corrected chi connectivity index (χ2v) is 19.6. The lowest BCUT2D eigenvalue weighted by Crippen LogP contribution is -2.15. The molecule has 0 bridgehead atoms. The van der Waals surface area contributed by atoms with E-state index in [0.29, 0.717) is 0 Å². The minimum Gasteiger partial charge on any atom is -0.309 e. The quantitative estimate of drug-likeness (QED) is 0.156. The van der Waals surface area contributed by atoms with E-state index in [-0.39, 0.29) is 5.41 Å². The molecule has 14 aromatic rings. The van der Waals surface area contributed by atoms with Gasteiger partial charge in [-0.05, 0) is 173 Å². The molecular formula is C67H44N2. The molecule has 2 heteroatoms. The molecule has 0 saturated carbocycles. The smallest absolute Gasteiger partial charge is 0.0541 e. The summed E-state index contributed by atoms with van der Waals surface area (Å²) < 4.78 is 4.83. The first-order valence-electron chi connectivity index (χ1n) is 24.2. The summed E-state index contributed by atoms with van der Waals surface area (Å²) in [4.78, 5) is 0. The van der Waals surface area contributed by atoms with Crippen molar-refractivity contribution in [1.82, 2.24) is 9.13 Å². The largest absolute Gasteiger partial charge is 0.309 e. The van der Waals surface area contributed by atoms with Crippen LogP contribution >= 0.6 is 0 Å². The fraction of sp³-hybridized carbons (Fsp3) is 0.0448. The van der Waals surface area contributed by atoms with E-state index in [1.165, 1.54) is 137 Å². The summed E-state index contributed by atoms with van der Waals surface area (Å²) >= 11 is 0. The monoisotopic (exact) mass is 876 g/mol. The molecule has 2 nitrogen and oxygen atoms in total. The Labute approximate surface area is 399 Å². The van der Waals surface area contributed by atoms with Crippen LogP contribution in [0.15, 0.2) is 231 Å². The first-order chi connectivity index (χ1) is 34.0. The van der Waals surface area contributed by atoms with Gasteiger partial charge >= 0.3 is 0 Å². The molecule has 0 aliphatic heterocycles. The van der Waals surface area contributed by atoms with Crippen LogP contribution in [-0.2, 0) is 5.41 Å². The minimum atomic E-state index is -0.221. The normalized spacial score (nSPS) is 13.2. The van der Waals surface area contributed by atoms with Crippen LogP contribution in [0.25, 0.3) is 131 Å². The van der Waals surface area contributed by atoms with Gasteiger partial charge in [0.25, 0.3) is 0 Å². The van der Waals surface area contributed by atoms with Crippen LogP contribution < -0.4 is 0 Å². The molecule has 0 N–H and O–H groups in total. The predicted octanol–water partition coefficient (Wildman–Crippen LogP) is 18.1. The van der Waals surface area contributed by atoms with Crippen molar-refractivity contribution >= 4 is 86.7 Å². The van der Waals surface area contributed by atoms with E-state index in [1.54, 1.807) is 0 Å². The lowest BCUT2D eigenvalue weighted by Gasteiger charge is -2.23. The zero-order valence-electron chi connectivity index (χ0n) is 38.3. The molecular weight excluding hydrogens is 833 g/mol. The number of hydrogen-bond donors (Lipinski definition) is 0. The zero-order valence-corrected chi connectivity index (χ0v) is 38.3. The SMILES string of the molecule is CC1(C)c2cc3c4ccccc4c4ccccc4c3cc2-c2c1cc(-c1ccc3c(c1)c1cc(-c4ccc5c(c4)c4ccccc4n5-c4ccccc4)ccc1n3-c1ccccc1)c1ccccc21. The lowest BCUT2D eigenvalue weighted by molar-refractivity contribution is 0.662. The molecule has 0 unspecified atom stereocenters. The van der Waals surface area contributed by atoms with Crippen LogP contribution in [-0.4, -0.2) is 9.13 Å². The third kappa shape index (κ3) is 5.37. The van der Waals surface area contributed by atoms with Crippen molar-refractivity contribution in [2.45, 2.75) is 19.3 Å². The Hall–Kier alpha value is -8.72. The summed E-state index contributed by atoms with van der Waals surface area (Å²) in [5.41, 5.74) is 17.3. The second kappa shape index (κ2) is 14.2. The van der Waals surface area contributed by atoms with Gasteiger partial charge in [-0.3, -0.25) is 0 Å². The number of rotatable bonds is 4. The number of para-hydroxylation sites is 3. The third-order valence-corrected chi connectivity index (χ3v) is 15.7. The molecule has 0 fully saturated rings. The fourth-order valence-corrected chi connectivity index (χ4v) is 12.5. The maximum absolute atomic E-state index is 2.53. The van der Waals surface area contributed by atoms with Gasteiger partial charge in [0, 0.05) is 38.3 Å². The molecule has 1 aliphatic rings. The van der Waals surface area contributed by atoms with E-state index in [2.05, 4.69) is 254 Å². The highest BCUT2D eigenvalue weighted by molar-refractivity contribution is 6.27. The summed E-state index contributed by atoms with van der Waals surface area (Å²) in [5.74, 6) is 0. The van der Waals surface area contributed by atoms with Crippen molar-refractivity contribution in [2.24, 2.45) is 0 Å². The Morgan fingerprint density at radius 3 is 1.23 bits per heavy atom. The number of aromatic nitrogens is 2. The Bertz CT molecular complexity index is 4490. The Balaban J connectivity index is 0.942. The van der Waals surface area contributed by atoms with Crippen LogP contribution in [0.1, 0.15) is 25.0 Å². The van der Waals surface area contributed by atoms with Gasteiger partial charge < -0.3 is 9.13 Å². The zero-order chi connectivity index (χ0) is 45.5. The molecule has 0 spiro atoms. The van der Waals surface area contributed by atoms with E-state index in [4.69, 9.17) is 0 Å². The van der Waals surface area contributed by atoms with Crippen molar-refractivity contribution in [3.05, 3.63) is 242 Å². The molecule has 1 aliphatic carbocycles. The van der Waals surface area contributed by atoms with Gasteiger partial charge in [-0.1, -0.05) is 159 Å². The summed E-state index contributed by atoms with van der Waals surface area (Å²) in [7, 11) is 0. The van der Waals surface area contributed by atoms with E-state index in [0.717, 1.165) is 5.69 Å². The van der Waals surface area contributed by atoms with E-state index < -0.39 is 0 Å². The molecule has 12 aromatic carbocycles. The van der Waals surface area contributed by atoms with Crippen LogP contribution in [0.4, 0.5) is 0 Å². The molecule has 0 amide bonds. The number of fused-ring (bicyclic) bond motifs is 17. The fourth-order valence-electron chi connectivity index (χ4n) is 12.5. The van der Waals surface area contributed by atoms with E-state index in [9.17, 15) is 0 Å². The van der Waals surface area contributed by atoms with Gasteiger partial charge in [0.15, 0.2) is 0 Å². The average Bonchev–Trinajstić information content (AvgIpc) is 4.00. The standard InChI is InChI=1S/C67H44N2/c1-67(2)60-40-55-49-24-12-10-22-47(49)46-21-9-11-23-48(46)54(55)38-59(60)66-52-27-14-13-25-50(52)53(39-61(66)67)43-31-34-65-58(37-43)57-36-42(30-33-64(57)69(65)45-19-7-4-8-20-45)41-29-32-63-56(35-41)51-26-15-16-28-62(51)68(63)44-17-5-3-6-18-44/h3-40H,1-2H3. The summed E-state index contributed by atoms with van der Waals surface area (Å²) in [6, 6.07) is 86.1. The Morgan fingerprint density at radius 1 is 0.261 bits per heavy atom. The van der Waals surface area contributed by atoms with Crippen molar-refractivity contribution in [3.63, 3.8) is 0 Å². The van der Waals surface area contributed by atoms with Crippen molar-refractivity contribution < 1.29 is 0 Å². The maximum Gasteiger partial charge on any atom is 0.0541 e. The summed E-state index contributed by atoms with van der Waals surface area (Å²) in [5, 5.41) is 15.5. The van der Waals surface area contributed by atoms with Crippen LogP contribution in [0.3, 0.4) is 0 Å². The molecule has 0 radical (unpaired) electrons. The number of benzene rings is 12. The third-order valence-electron chi connectivity index (χ3n) is 15.7. The first-order valence-corrected chi connectivity index (χ1v) is 24.2. The van der Waals surface area contributed by atoms with Crippen molar-refractivity contribution in [2.75, 3.05) is 0 Å². The number of hydrogen-bond acceptors (Lipinski definition) is 0. The van der Waals surface area contributed by atoms with Crippen LogP contribution in [0, 0.1) is 0 Å². The molecule has 2 aromatic heterocycles. The summed E-state index contributed by atoms with van der Waals surface area (Å²) in [6.45, 7) is 4.86. The number of nitrogens with zero attached hydrogens (tertiary/aromatic N) is 2. The average molecular weight is 877 g/mol. The molecule has 15 rings (SSSR count). The highest BCUT2D eigenvalue weighted by atomic mass is 15.0. The van der Waals surface area contributed by atoms with Gasteiger partial charge in [0.05, 0.1) is 22.1 Å². The van der Waals surface area contributed by atoms with Crippen molar-refractivity contribution in [1.29, 1.82) is 0 Å². The maximum atomic E-state index is 2.53. The highest BCUT2D eigenvalue weighted by Gasteiger charge is 2.38. The topological polar surface area (TPSA) is 9.86 Å². The molecule has 0 atom stereocenters. The Morgan fingerprint density at radius 2 is 0.667 bits per heavy atom. The lowest BCUT2D eigenvalue weighted by atomic mass is 9.79. The predicted molar refractivity (Wildman–Crippen MR) is 294 cm³/mol. The highest BCUT2D eigenvalue weighted by Crippen LogP contribution is 2.55. The van der Waals surface area contributed by atoms with Gasteiger partial charge in [0.2, 0.25) is 0 Å². The van der Waals surface area contributed by atoms with Crippen LogP contribution in [0.2, 0.25) is 0 Å². The van der Waals surface area contributed by atoms with E-state index >= 15 is 0 Å². The summed E-state index contributed by atoms with van der Waals surface area (Å²) in [6.07, 6.45) is 0. The Kier molecular flexibility index (Phi) is 7.87. The van der Waals surface area contributed by atoms with Gasteiger partial charge in [0.1, 0.15) is 0 Å². The second-order valence-electron chi connectivity index (χ2n) is 19.6. The minimum absolute atomic E-state index is 0.221. The molecule has 0 saturated heterocycles.